The molecule has 1 saturated carbocycles. The van der Waals surface area contributed by atoms with E-state index >= 15 is 0 Å². The molecule has 1 aliphatic carbocycles. The number of unbranched alkanes of at least 4 members (excludes halogenated alkanes) is 1. The van der Waals surface area contributed by atoms with E-state index < -0.39 is 23.2 Å². The van der Waals surface area contributed by atoms with Gasteiger partial charge in [-0.1, -0.05) is 57.0 Å². The van der Waals surface area contributed by atoms with Crippen LogP contribution in [-0.2, 0) is 6.42 Å². The number of halogens is 3. The van der Waals surface area contributed by atoms with Gasteiger partial charge in [-0.2, -0.15) is 0 Å². The zero-order valence-corrected chi connectivity index (χ0v) is 21.0. The van der Waals surface area contributed by atoms with Gasteiger partial charge in [-0.25, -0.2) is 18.0 Å². The minimum atomic E-state index is -1.17. The van der Waals surface area contributed by atoms with Gasteiger partial charge in [-0.15, -0.1) is 0 Å². The van der Waals surface area contributed by atoms with Crippen molar-refractivity contribution in [3.05, 3.63) is 88.7 Å². The van der Waals surface area contributed by atoms with E-state index in [1.165, 1.54) is 24.3 Å². The molecule has 2 nitrogen and oxygen atoms in total. The Morgan fingerprint density at radius 1 is 0.889 bits per heavy atom. The Morgan fingerprint density at radius 2 is 1.61 bits per heavy atom. The van der Waals surface area contributed by atoms with E-state index in [-0.39, 0.29) is 17.5 Å². The van der Waals surface area contributed by atoms with Crippen LogP contribution in [0.25, 0.3) is 11.1 Å². The van der Waals surface area contributed by atoms with Crippen LogP contribution in [-0.4, -0.2) is 5.97 Å². The lowest BCUT2D eigenvalue weighted by Gasteiger charge is -2.28. The number of hydrogen-bond acceptors (Lipinski definition) is 2. The van der Waals surface area contributed by atoms with Crippen molar-refractivity contribution in [1.29, 1.82) is 0 Å². The first-order valence-electron chi connectivity index (χ1n) is 13.0. The second kappa shape index (κ2) is 11.8. The summed E-state index contributed by atoms with van der Waals surface area (Å²) in [6.45, 7) is 4.25. The first kappa shape index (κ1) is 26.0. The van der Waals surface area contributed by atoms with E-state index in [9.17, 15) is 18.0 Å². The third kappa shape index (κ3) is 5.83. The number of aryl methyl sites for hydroxylation is 1. The van der Waals surface area contributed by atoms with Gasteiger partial charge >= 0.3 is 5.97 Å². The fourth-order valence-corrected chi connectivity index (χ4v) is 5.11. The summed E-state index contributed by atoms with van der Waals surface area (Å²) in [4.78, 5) is 12.6. The zero-order chi connectivity index (χ0) is 25.7. The van der Waals surface area contributed by atoms with Crippen molar-refractivity contribution in [3.8, 4) is 16.9 Å². The maximum atomic E-state index is 14.9. The molecule has 0 unspecified atom stereocenters. The van der Waals surface area contributed by atoms with E-state index in [0.717, 1.165) is 56.9 Å². The SMILES string of the molecule is CCCCc1ccc(-c2ccc(OC(=O)c3ccc(C4CCC(CC)CC4)c(F)c3F)cc2)c(F)c1. The molecule has 0 saturated heterocycles. The Bertz CT molecular complexity index is 1200. The van der Waals surface area contributed by atoms with E-state index in [4.69, 9.17) is 4.74 Å². The van der Waals surface area contributed by atoms with Crippen LogP contribution in [0, 0.1) is 23.4 Å². The number of hydrogen-bond donors (Lipinski definition) is 0. The molecular weight excluding hydrogens is 461 g/mol. The molecule has 3 aromatic rings. The third-order valence-electron chi connectivity index (χ3n) is 7.42. The molecule has 0 spiro atoms. The number of benzene rings is 3. The summed E-state index contributed by atoms with van der Waals surface area (Å²) in [5.41, 5.74) is 1.94. The monoisotopic (exact) mass is 494 g/mol. The molecule has 0 bridgehead atoms. The smallest absolute Gasteiger partial charge is 0.346 e. The second-order valence-electron chi connectivity index (χ2n) is 9.79. The standard InChI is InChI=1S/C31H33F3O2/c1-3-5-6-21-9-16-25(28(32)19-21)22-12-14-24(15-13-22)36-31(35)27-18-17-26(29(33)30(27)34)23-10-7-20(4-2)8-11-23/h9,12-20,23H,3-8,10-11H2,1-2H3. The fraction of sp³-hybridized carbons (Fsp3) is 0.387. The van der Waals surface area contributed by atoms with Crippen LogP contribution in [0.4, 0.5) is 13.2 Å². The molecule has 0 radical (unpaired) electrons. The van der Waals surface area contributed by atoms with Crippen molar-refractivity contribution in [1.82, 2.24) is 0 Å². The highest BCUT2D eigenvalue weighted by molar-refractivity contribution is 5.91. The minimum Gasteiger partial charge on any atom is -0.423 e. The molecule has 0 amide bonds. The van der Waals surface area contributed by atoms with E-state index in [1.807, 2.05) is 6.07 Å². The van der Waals surface area contributed by atoms with Crippen molar-refractivity contribution in [3.63, 3.8) is 0 Å². The van der Waals surface area contributed by atoms with Gasteiger partial charge in [0, 0.05) is 5.56 Å². The molecule has 5 heteroatoms. The summed E-state index contributed by atoms with van der Waals surface area (Å²) >= 11 is 0. The lowest BCUT2D eigenvalue weighted by atomic mass is 9.77. The highest BCUT2D eigenvalue weighted by atomic mass is 19.2. The molecule has 0 N–H and O–H groups in total. The first-order chi connectivity index (χ1) is 17.4. The number of carbonyl (C=O) groups is 1. The third-order valence-corrected chi connectivity index (χ3v) is 7.42. The van der Waals surface area contributed by atoms with Crippen LogP contribution in [0.5, 0.6) is 5.75 Å². The molecular formula is C31H33F3O2. The minimum absolute atomic E-state index is 0.0268. The molecule has 1 fully saturated rings. The van der Waals surface area contributed by atoms with Gasteiger partial charge in [-0.3, -0.25) is 0 Å². The second-order valence-corrected chi connectivity index (χ2v) is 9.79. The molecule has 0 aliphatic heterocycles. The maximum absolute atomic E-state index is 14.9. The lowest BCUT2D eigenvalue weighted by molar-refractivity contribution is 0.0728. The Labute approximate surface area is 211 Å². The molecule has 1 aliphatic rings. The first-order valence-corrected chi connectivity index (χ1v) is 13.0. The molecule has 0 heterocycles. The molecule has 0 aromatic heterocycles. The summed E-state index contributed by atoms with van der Waals surface area (Å²) < 4.78 is 49.6. The summed E-state index contributed by atoms with van der Waals surface area (Å²) in [7, 11) is 0. The predicted molar refractivity (Wildman–Crippen MR) is 137 cm³/mol. The van der Waals surface area contributed by atoms with Gasteiger partial charge in [0.1, 0.15) is 11.6 Å². The van der Waals surface area contributed by atoms with Crippen molar-refractivity contribution in [2.45, 2.75) is 71.1 Å². The highest BCUT2D eigenvalue weighted by Gasteiger charge is 2.27. The maximum Gasteiger partial charge on any atom is 0.346 e. The summed E-state index contributed by atoms with van der Waals surface area (Å²) in [5.74, 6) is -2.61. The predicted octanol–water partition coefficient (Wildman–Crippen LogP) is 9.02. The quantitative estimate of drug-likeness (QED) is 0.231. The normalized spacial score (nSPS) is 17.7. The topological polar surface area (TPSA) is 26.3 Å². The number of rotatable bonds is 8. The average Bonchev–Trinajstić information content (AvgIpc) is 2.89. The summed E-state index contributed by atoms with van der Waals surface area (Å²) in [5, 5.41) is 0. The van der Waals surface area contributed by atoms with Gasteiger partial charge < -0.3 is 4.74 Å². The van der Waals surface area contributed by atoms with Gasteiger partial charge in [0.05, 0.1) is 5.56 Å². The largest absolute Gasteiger partial charge is 0.423 e. The molecule has 3 aromatic carbocycles. The van der Waals surface area contributed by atoms with Gasteiger partial charge in [0.15, 0.2) is 11.6 Å². The van der Waals surface area contributed by atoms with Crippen LogP contribution in [0.1, 0.15) is 86.2 Å². The Hall–Kier alpha value is -3.08. The van der Waals surface area contributed by atoms with Crippen LogP contribution in [0.3, 0.4) is 0 Å². The molecule has 36 heavy (non-hydrogen) atoms. The van der Waals surface area contributed by atoms with Gasteiger partial charge in [0.2, 0.25) is 0 Å². The van der Waals surface area contributed by atoms with E-state index in [1.54, 1.807) is 24.3 Å². The fourth-order valence-electron chi connectivity index (χ4n) is 5.11. The molecule has 190 valence electrons. The van der Waals surface area contributed by atoms with Crippen LogP contribution < -0.4 is 4.74 Å². The lowest BCUT2D eigenvalue weighted by Crippen LogP contribution is -2.16. The number of carbonyl (C=O) groups excluding carboxylic acids is 1. The zero-order valence-electron chi connectivity index (χ0n) is 21.0. The van der Waals surface area contributed by atoms with Gasteiger partial charge in [-0.05, 0) is 91.3 Å². The number of esters is 1. The van der Waals surface area contributed by atoms with Gasteiger partial charge in [0.25, 0.3) is 0 Å². The van der Waals surface area contributed by atoms with Crippen molar-refractivity contribution < 1.29 is 22.7 Å². The van der Waals surface area contributed by atoms with Crippen molar-refractivity contribution in [2.24, 2.45) is 5.92 Å². The van der Waals surface area contributed by atoms with E-state index in [0.29, 0.717) is 22.6 Å². The summed E-state index contributed by atoms with van der Waals surface area (Å²) in [6.07, 6.45) is 7.66. The summed E-state index contributed by atoms with van der Waals surface area (Å²) in [6, 6.07) is 14.4. The van der Waals surface area contributed by atoms with Crippen LogP contribution in [0.2, 0.25) is 0 Å². The van der Waals surface area contributed by atoms with Crippen LogP contribution in [0.15, 0.2) is 54.6 Å². The van der Waals surface area contributed by atoms with Crippen molar-refractivity contribution >= 4 is 5.97 Å². The van der Waals surface area contributed by atoms with Crippen molar-refractivity contribution in [2.75, 3.05) is 0 Å². The highest BCUT2D eigenvalue weighted by Crippen LogP contribution is 2.38. The number of ether oxygens (including phenoxy) is 1. The molecule has 0 atom stereocenters. The van der Waals surface area contributed by atoms with Crippen LogP contribution >= 0.6 is 0 Å². The Balaban J connectivity index is 1.44. The average molecular weight is 495 g/mol. The molecule has 4 rings (SSSR count). The Kier molecular flexibility index (Phi) is 8.50. The Morgan fingerprint density at radius 3 is 2.25 bits per heavy atom. The van der Waals surface area contributed by atoms with E-state index in [2.05, 4.69) is 13.8 Å².